The molecule has 0 unspecified atom stereocenters. The SMILES string of the molecule is CC(C)[Si](C(C)C)(C(C)C)n1cc(I)c2cccnc21.O=C(c1ccc(CCc2ccccc2F)nc1)c1c[nH]c2ncccc12.O=C(c1ccc(CCc2ccccc2F)nc1)c1c[nH]c2ncccc12.O=Cc1ccc(CCc2ccccc2F)nc1. The van der Waals surface area contributed by atoms with Gasteiger partial charge in [-0.1, -0.05) is 96.1 Å². The smallest absolute Gasteiger partial charge is 0.196 e. The zero-order chi connectivity index (χ0) is 63.0. The highest BCUT2D eigenvalue weighted by atomic mass is 127. The predicted molar refractivity (Wildman–Crippen MR) is 357 cm³/mol. The Morgan fingerprint density at radius 2 is 0.876 bits per heavy atom. The van der Waals surface area contributed by atoms with E-state index in [1.54, 1.807) is 110 Å². The van der Waals surface area contributed by atoms with Crippen LogP contribution in [0.2, 0.25) is 16.6 Å². The van der Waals surface area contributed by atoms with Crippen molar-refractivity contribution in [1.82, 2.24) is 44.1 Å². The number of pyridine rings is 6. The first-order valence-corrected chi connectivity index (χ1v) is 32.9. The molecule has 0 aliphatic rings. The molecule has 0 saturated carbocycles. The van der Waals surface area contributed by atoms with Crippen molar-refractivity contribution in [3.05, 3.63) is 284 Å². The van der Waals surface area contributed by atoms with Crippen molar-refractivity contribution < 1.29 is 27.6 Å². The van der Waals surface area contributed by atoms with Gasteiger partial charge in [-0.25, -0.2) is 28.1 Å². The number of hydrogen-bond donors (Lipinski definition) is 2. The summed E-state index contributed by atoms with van der Waals surface area (Å²) in [5, 5.41) is 2.88. The molecule has 0 aliphatic carbocycles. The molecule has 17 heteroatoms. The molecule has 9 heterocycles. The van der Waals surface area contributed by atoms with Crippen molar-refractivity contribution in [2.45, 2.75) is 96.7 Å². The topological polar surface area (TPSA) is 165 Å². The Hall–Kier alpha value is -9.07. The molecule has 2 N–H and O–H groups in total. The van der Waals surface area contributed by atoms with Gasteiger partial charge in [-0.2, -0.15) is 0 Å². The van der Waals surface area contributed by atoms with Gasteiger partial charge in [0.15, 0.2) is 26.1 Å². The number of rotatable bonds is 18. The summed E-state index contributed by atoms with van der Waals surface area (Å²) in [6.07, 6.45) is 20.1. The van der Waals surface area contributed by atoms with E-state index >= 15 is 0 Å². The molecule has 0 amide bonds. The molecule has 12 nitrogen and oxygen atoms in total. The van der Waals surface area contributed by atoms with Crippen LogP contribution in [0.3, 0.4) is 0 Å². The van der Waals surface area contributed by atoms with E-state index in [1.165, 1.54) is 39.0 Å². The molecule has 0 fully saturated rings. The highest BCUT2D eigenvalue weighted by Crippen LogP contribution is 2.44. The summed E-state index contributed by atoms with van der Waals surface area (Å²) >= 11 is 2.45. The van der Waals surface area contributed by atoms with Crippen LogP contribution in [0.5, 0.6) is 0 Å². The average Bonchev–Trinajstić information content (AvgIpc) is 2.91. The summed E-state index contributed by atoms with van der Waals surface area (Å²) in [6.45, 7) is 14.4. The van der Waals surface area contributed by atoms with E-state index < -0.39 is 8.24 Å². The summed E-state index contributed by atoms with van der Waals surface area (Å²) < 4.78 is 44.6. The van der Waals surface area contributed by atoms with Gasteiger partial charge in [0.1, 0.15) is 34.4 Å². The Balaban J connectivity index is 0.000000143. The van der Waals surface area contributed by atoms with E-state index in [-0.39, 0.29) is 29.0 Å². The Morgan fingerprint density at radius 3 is 1.25 bits per heavy atom. The lowest BCUT2D eigenvalue weighted by Crippen LogP contribution is -2.51. The number of ketones is 2. The second kappa shape index (κ2) is 30.2. The van der Waals surface area contributed by atoms with Crippen molar-refractivity contribution in [3.8, 4) is 0 Å². The number of carbonyl (C=O) groups excluding carboxylic acids is 3. The first-order chi connectivity index (χ1) is 43.1. The molecule has 3 aromatic carbocycles. The van der Waals surface area contributed by atoms with Crippen LogP contribution in [0.25, 0.3) is 33.1 Å². The minimum atomic E-state index is -1.70. The minimum absolute atomic E-state index is 0.0996. The van der Waals surface area contributed by atoms with Crippen molar-refractivity contribution in [2.24, 2.45) is 0 Å². The van der Waals surface area contributed by atoms with E-state index in [0.29, 0.717) is 111 Å². The van der Waals surface area contributed by atoms with E-state index in [4.69, 9.17) is 4.98 Å². The van der Waals surface area contributed by atoms with E-state index in [1.807, 2.05) is 54.7 Å². The molecule has 0 radical (unpaired) electrons. The number of nitrogens with one attached hydrogen (secondary N) is 2. The third-order valence-corrected chi connectivity index (χ3v) is 23.7. The second-order valence-electron chi connectivity index (χ2n) is 22.5. The van der Waals surface area contributed by atoms with Crippen molar-refractivity contribution in [1.29, 1.82) is 0 Å². The molecule has 0 bridgehead atoms. The number of nitrogens with zero attached hydrogens (tertiary/aromatic N) is 7. The van der Waals surface area contributed by atoms with Crippen LogP contribution in [-0.4, -0.2) is 70.2 Å². The Morgan fingerprint density at radius 1 is 0.483 bits per heavy atom. The standard InChI is InChI=1S/2C21H16FN3O.C16H25IN2Si.C14H12FNO/c2*22-19-6-2-1-4-14(19)7-9-16-10-8-15(12-24-16)20(26)18-13-25-21-17(18)5-3-11-23-21;1-11(2)20(12(3)4,13(5)6)19-10-15(17)14-8-7-9-18-16(14)19;15-14-4-2-1-3-12(14)6-8-13-7-5-11(10-17)9-16-13/h2*1-6,8,10-13H,7,9H2,(H,23,25);7-13H,1-6H3;1-5,7,9-10H,6,8H2. The maximum absolute atomic E-state index is 13.7. The average molecular weight is 1320 g/mol. The molecular weight excluding hydrogens is 1250 g/mol. The number of carbonyl (C=O) groups is 3. The second-order valence-corrected chi connectivity index (χ2v) is 29.4. The fraction of sp³-hybridized carbons (Fsp3) is 0.208. The predicted octanol–water partition coefficient (Wildman–Crippen LogP) is 16.7. The summed E-state index contributed by atoms with van der Waals surface area (Å²) in [7, 11) is -1.70. The van der Waals surface area contributed by atoms with Crippen LogP contribution < -0.4 is 0 Å². The van der Waals surface area contributed by atoms with Crippen LogP contribution >= 0.6 is 22.6 Å². The zero-order valence-electron chi connectivity index (χ0n) is 50.5. The number of hydrogen-bond acceptors (Lipinski definition) is 9. The van der Waals surface area contributed by atoms with Crippen molar-refractivity contribution in [2.75, 3.05) is 0 Å². The summed E-state index contributed by atoms with van der Waals surface area (Å²) in [4.78, 5) is 67.9. The number of aldehydes is 1. The fourth-order valence-corrected chi connectivity index (χ4v) is 19.2. The summed E-state index contributed by atoms with van der Waals surface area (Å²) in [5.74, 6) is -0.786. The fourth-order valence-electron chi connectivity index (χ4n) is 11.7. The van der Waals surface area contributed by atoms with Crippen LogP contribution in [0.1, 0.15) is 118 Å². The number of aryl methyl sites for hydroxylation is 6. The number of H-pyrrole nitrogens is 2. The van der Waals surface area contributed by atoms with E-state index in [0.717, 1.165) is 34.1 Å². The lowest BCUT2D eigenvalue weighted by Gasteiger charge is -2.44. The first-order valence-electron chi connectivity index (χ1n) is 29.6. The molecule has 0 aliphatic heterocycles. The molecule has 0 spiro atoms. The van der Waals surface area contributed by atoms with Crippen LogP contribution in [0.4, 0.5) is 13.2 Å². The van der Waals surface area contributed by atoms with E-state index in [9.17, 15) is 27.6 Å². The quantitative estimate of drug-likeness (QED) is 0.0368. The Kier molecular flexibility index (Phi) is 21.9. The highest BCUT2D eigenvalue weighted by molar-refractivity contribution is 14.1. The first kappa shape index (κ1) is 64.4. The van der Waals surface area contributed by atoms with Gasteiger partial charge in [0.2, 0.25) is 0 Å². The molecule has 452 valence electrons. The van der Waals surface area contributed by atoms with E-state index in [2.05, 4.69) is 116 Å². The normalized spacial score (nSPS) is 11.3. The lowest BCUT2D eigenvalue weighted by atomic mass is 10.0. The van der Waals surface area contributed by atoms with Crippen molar-refractivity contribution in [3.63, 3.8) is 0 Å². The monoisotopic (exact) mass is 1320 g/mol. The molecular formula is C72H69F3IN9O3Si. The van der Waals surface area contributed by atoms with Gasteiger partial charge >= 0.3 is 0 Å². The molecule has 0 saturated heterocycles. The minimum Gasteiger partial charge on any atom is -0.358 e. The number of halogens is 4. The van der Waals surface area contributed by atoms with Gasteiger partial charge in [0, 0.05) is 120 Å². The van der Waals surface area contributed by atoms with Crippen molar-refractivity contribution >= 4 is 81.8 Å². The Labute approximate surface area is 530 Å². The van der Waals surface area contributed by atoms with Gasteiger partial charge in [-0.15, -0.1) is 0 Å². The number of benzene rings is 3. The van der Waals surface area contributed by atoms with Gasteiger partial charge in [-0.05, 0) is 185 Å². The summed E-state index contributed by atoms with van der Waals surface area (Å²) in [5.41, 5.74) is 11.9. The Bertz CT molecular complexity index is 4140. The molecule has 12 rings (SSSR count). The van der Waals surface area contributed by atoms with Gasteiger partial charge in [-0.3, -0.25) is 29.3 Å². The van der Waals surface area contributed by atoms with Crippen LogP contribution in [0, 0.1) is 21.0 Å². The molecule has 89 heavy (non-hydrogen) atoms. The van der Waals surface area contributed by atoms with Gasteiger partial charge in [0.05, 0.1) is 0 Å². The molecule has 0 atom stereocenters. The number of fused-ring (bicyclic) bond motifs is 3. The molecule has 9 aromatic heterocycles. The van der Waals surface area contributed by atoms with Crippen LogP contribution in [-0.2, 0) is 38.5 Å². The van der Waals surface area contributed by atoms with Gasteiger partial charge < -0.3 is 14.2 Å². The zero-order valence-corrected chi connectivity index (χ0v) is 53.6. The maximum Gasteiger partial charge on any atom is 0.196 e. The molecule has 12 aromatic rings. The summed E-state index contributed by atoms with van der Waals surface area (Å²) in [6, 6.07) is 42.5. The highest BCUT2D eigenvalue weighted by Gasteiger charge is 2.46. The number of aromatic nitrogens is 9. The van der Waals surface area contributed by atoms with Gasteiger partial charge in [0.25, 0.3) is 0 Å². The third kappa shape index (κ3) is 15.4. The van der Waals surface area contributed by atoms with Crippen LogP contribution in [0.15, 0.2) is 201 Å². The number of aromatic amines is 2. The third-order valence-electron chi connectivity index (χ3n) is 16.1. The maximum atomic E-state index is 13.7. The lowest BCUT2D eigenvalue weighted by molar-refractivity contribution is 0.103. The largest absolute Gasteiger partial charge is 0.358 e.